The molecule has 8 heteroatoms. The molecular formula is C15H12N6O2. The van der Waals surface area contributed by atoms with Crippen molar-refractivity contribution < 1.29 is 4.92 Å². The number of nitro benzene ring substituents is 1. The van der Waals surface area contributed by atoms with Crippen LogP contribution in [0, 0.1) is 10.1 Å². The Bertz CT molecular complexity index is 833. The van der Waals surface area contributed by atoms with Gasteiger partial charge in [-0.3, -0.25) is 10.1 Å². The number of nitrogen functional groups attached to an aromatic ring is 1. The second-order valence-electron chi connectivity index (χ2n) is 4.68. The zero-order chi connectivity index (χ0) is 16.2. The number of anilines is 3. The Morgan fingerprint density at radius 3 is 2.35 bits per heavy atom. The van der Waals surface area contributed by atoms with Gasteiger partial charge in [-0.1, -0.05) is 0 Å². The molecule has 0 aliphatic heterocycles. The van der Waals surface area contributed by atoms with E-state index in [0.717, 1.165) is 5.56 Å². The third kappa shape index (κ3) is 3.38. The van der Waals surface area contributed by atoms with Gasteiger partial charge in [0.1, 0.15) is 6.33 Å². The van der Waals surface area contributed by atoms with E-state index in [9.17, 15) is 10.1 Å². The van der Waals surface area contributed by atoms with Gasteiger partial charge in [-0.25, -0.2) is 9.97 Å². The Morgan fingerprint density at radius 2 is 1.70 bits per heavy atom. The van der Waals surface area contributed by atoms with Crippen molar-refractivity contribution in [2.45, 2.75) is 0 Å². The molecule has 1 aromatic heterocycles. The molecule has 114 valence electrons. The zero-order valence-corrected chi connectivity index (χ0v) is 11.9. The molecule has 0 aliphatic rings. The van der Waals surface area contributed by atoms with Gasteiger partial charge in [-0.2, -0.15) is 4.98 Å². The number of nitrogens with zero attached hydrogens (tertiary/aromatic N) is 4. The van der Waals surface area contributed by atoms with E-state index in [1.165, 1.54) is 18.5 Å². The zero-order valence-electron chi connectivity index (χ0n) is 11.9. The first-order valence-corrected chi connectivity index (χ1v) is 6.68. The number of aromatic nitrogens is 3. The molecule has 0 fully saturated rings. The standard InChI is InChI=1S/C15H12N6O2/c16-11-3-1-10(2-4-11)14-17-9-18-15(20-14)19-12-5-7-13(8-6-12)21(22)23/h1-9H,16H2,(H,17,18,19,20). The maximum Gasteiger partial charge on any atom is 0.269 e. The van der Waals surface area contributed by atoms with Gasteiger partial charge in [-0.05, 0) is 36.4 Å². The SMILES string of the molecule is Nc1ccc(-c2ncnc(Nc3ccc([N+](=O)[O-])cc3)n2)cc1. The largest absolute Gasteiger partial charge is 0.399 e. The minimum Gasteiger partial charge on any atom is -0.399 e. The second-order valence-corrected chi connectivity index (χ2v) is 4.68. The normalized spacial score (nSPS) is 10.3. The number of rotatable bonds is 4. The summed E-state index contributed by atoms with van der Waals surface area (Å²) >= 11 is 0. The molecule has 0 saturated carbocycles. The van der Waals surface area contributed by atoms with Gasteiger partial charge >= 0.3 is 0 Å². The van der Waals surface area contributed by atoms with Crippen LogP contribution in [0.25, 0.3) is 11.4 Å². The first-order valence-electron chi connectivity index (χ1n) is 6.68. The minimum absolute atomic E-state index is 0.0220. The van der Waals surface area contributed by atoms with Crippen LogP contribution in [0.15, 0.2) is 54.9 Å². The van der Waals surface area contributed by atoms with E-state index in [4.69, 9.17) is 5.73 Å². The minimum atomic E-state index is -0.452. The molecule has 0 unspecified atom stereocenters. The molecule has 23 heavy (non-hydrogen) atoms. The number of nitrogens with one attached hydrogen (secondary N) is 1. The lowest BCUT2D eigenvalue weighted by Crippen LogP contribution is -2.00. The Balaban J connectivity index is 1.82. The lowest BCUT2D eigenvalue weighted by atomic mass is 10.2. The topological polar surface area (TPSA) is 120 Å². The van der Waals surface area contributed by atoms with Gasteiger partial charge in [0.15, 0.2) is 5.82 Å². The van der Waals surface area contributed by atoms with E-state index in [1.54, 1.807) is 24.3 Å². The molecule has 0 bridgehead atoms. The summed E-state index contributed by atoms with van der Waals surface area (Å²) < 4.78 is 0. The highest BCUT2D eigenvalue weighted by molar-refractivity contribution is 5.61. The molecule has 0 aliphatic carbocycles. The van der Waals surface area contributed by atoms with Gasteiger partial charge in [0.25, 0.3) is 5.69 Å². The monoisotopic (exact) mass is 308 g/mol. The van der Waals surface area contributed by atoms with Crippen LogP contribution < -0.4 is 11.1 Å². The fourth-order valence-electron chi connectivity index (χ4n) is 1.92. The Hall–Kier alpha value is -3.55. The van der Waals surface area contributed by atoms with Gasteiger partial charge in [-0.15, -0.1) is 0 Å². The third-order valence-corrected chi connectivity index (χ3v) is 3.07. The molecule has 8 nitrogen and oxygen atoms in total. The Morgan fingerprint density at radius 1 is 1.00 bits per heavy atom. The molecule has 3 aromatic rings. The third-order valence-electron chi connectivity index (χ3n) is 3.07. The van der Waals surface area contributed by atoms with Gasteiger partial charge in [0.05, 0.1) is 4.92 Å². The summed E-state index contributed by atoms with van der Waals surface area (Å²) in [4.78, 5) is 22.7. The average Bonchev–Trinajstić information content (AvgIpc) is 2.56. The van der Waals surface area contributed by atoms with Crippen molar-refractivity contribution in [1.82, 2.24) is 15.0 Å². The van der Waals surface area contributed by atoms with Crippen LogP contribution in [-0.4, -0.2) is 19.9 Å². The molecule has 0 atom stereocenters. The molecule has 0 spiro atoms. The first-order chi connectivity index (χ1) is 11.1. The lowest BCUT2D eigenvalue weighted by Gasteiger charge is -2.06. The van der Waals surface area contributed by atoms with Crippen molar-refractivity contribution in [2.24, 2.45) is 0 Å². The average molecular weight is 308 g/mol. The van der Waals surface area contributed by atoms with E-state index in [-0.39, 0.29) is 5.69 Å². The molecule has 0 saturated heterocycles. The molecule has 3 rings (SSSR count). The molecule has 0 radical (unpaired) electrons. The van der Waals surface area contributed by atoms with Crippen molar-refractivity contribution in [3.05, 3.63) is 65.0 Å². The predicted molar refractivity (Wildman–Crippen MR) is 86.1 cm³/mol. The van der Waals surface area contributed by atoms with E-state index >= 15 is 0 Å². The smallest absolute Gasteiger partial charge is 0.269 e. The van der Waals surface area contributed by atoms with Crippen LogP contribution in [0.5, 0.6) is 0 Å². The molecule has 2 aromatic carbocycles. The number of benzene rings is 2. The fraction of sp³-hybridized carbons (Fsp3) is 0. The van der Waals surface area contributed by atoms with E-state index < -0.39 is 4.92 Å². The van der Waals surface area contributed by atoms with E-state index in [1.807, 2.05) is 12.1 Å². The highest BCUT2D eigenvalue weighted by Crippen LogP contribution is 2.20. The van der Waals surface area contributed by atoms with Gasteiger partial charge < -0.3 is 11.1 Å². The van der Waals surface area contributed by atoms with Crippen molar-refractivity contribution in [3.63, 3.8) is 0 Å². The fourth-order valence-corrected chi connectivity index (χ4v) is 1.92. The van der Waals surface area contributed by atoms with Crippen molar-refractivity contribution in [1.29, 1.82) is 0 Å². The quantitative estimate of drug-likeness (QED) is 0.432. The number of nitrogens with two attached hydrogens (primary N) is 1. The predicted octanol–water partition coefficient (Wildman–Crippen LogP) is 2.77. The van der Waals surface area contributed by atoms with E-state index in [2.05, 4.69) is 20.3 Å². The summed E-state index contributed by atoms with van der Waals surface area (Å²) in [6, 6.07) is 13.2. The van der Waals surface area contributed by atoms with Crippen molar-refractivity contribution >= 4 is 23.0 Å². The van der Waals surface area contributed by atoms with Crippen LogP contribution in [0.3, 0.4) is 0 Å². The summed E-state index contributed by atoms with van der Waals surface area (Å²) in [5, 5.41) is 13.6. The summed E-state index contributed by atoms with van der Waals surface area (Å²) in [5.41, 5.74) is 7.79. The summed E-state index contributed by atoms with van der Waals surface area (Å²) in [7, 11) is 0. The van der Waals surface area contributed by atoms with Gasteiger partial charge in [0, 0.05) is 29.1 Å². The highest BCUT2D eigenvalue weighted by atomic mass is 16.6. The molecule has 3 N–H and O–H groups in total. The van der Waals surface area contributed by atoms with E-state index in [0.29, 0.717) is 23.1 Å². The molecule has 0 amide bonds. The highest BCUT2D eigenvalue weighted by Gasteiger charge is 2.06. The molecule has 1 heterocycles. The van der Waals surface area contributed by atoms with Crippen LogP contribution >= 0.6 is 0 Å². The summed E-state index contributed by atoms with van der Waals surface area (Å²) in [6.45, 7) is 0. The van der Waals surface area contributed by atoms with Crippen molar-refractivity contribution in [3.8, 4) is 11.4 Å². The number of hydrogen-bond acceptors (Lipinski definition) is 7. The van der Waals surface area contributed by atoms with Crippen molar-refractivity contribution in [2.75, 3.05) is 11.1 Å². The maximum absolute atomic E-state index is 10.6. The van der Waals surface area contributed by atoms with Gasteiger partial charge in [0.2, 0.25) is 5.95 Å². The summed E-state index contributed by atoms with van der Waals surface area (Å²) in [5.74, 6) is 0.852. The summed E-state index contributed by atoms with van der Waals surface area (Å²) in [6.07, 6.45) is 1.40. The van der Waals surface area contributed by atoms with Crippen LogP contribution in [0.4, 0.5) is 23.0 Å². The lowest BCUT2D eigenvalue weighted by molar-refractivity contribution is -0.384. The molecular weight excluding hydrogens is 296 g/mol. The van der Waals surface area contributed by atoms with Crippen LogP contribution in [0.1, 0.15) is 0 Å². The number of nitro groups is 1. The Labute approximate surface area is 131 Å². The Kier molecular flexibility index (Phi) is 3.79. The number of hydrogen-bond donors (Lipinski definition) is 2. The maximum atomic E-state index is 10.6. The number of non-ortho nitro benzene ring substituents is 1. The first kappa shape index (κ1) is 14.4. The second kappa shape index (κ2) is 6.06. The van der Waals surface area contributed by atoms with Crippen LogP contribution in [-0.2, 0) is 0 Å². The van der Waals surface area contributed by atoms with Crippen LogP contribution in [0.2, 0.25) is 0 Å².